The van der Waals surface area contributed by atoms with E-state index in [-0.39, 0.29) is 0 Å². The van der Waals surface area contributed by atoms with Gasteiger partial charge in [0.15, 0.2) is 0 Å². The first-order valence-corrected chi connectivity index (χ1v) is 8.86. The molecule has 2 nitrogen and oxygen atoms in total. The summed E-state index contributed by atoms with van der Waals surface area (Å²) < 4.78 is 2.27. The molecule has 0 unspecified atom stereocenters. The van der Waals surface area contributed by atoms with Gasteiger partial charge in [0.2, 0.25) is 0 Å². The van der Waals surface area contributed by atoms with Gasteiger partial charge in [0.05, 0.1) is 10.2 Å². The Morgan fingerprint density at radius 2 is 1.81 bits per heavy atom. The fourth-order valence-corrected chi connectivity index (χ4v) is 4.31. The zero-order chi connectivity index (χ0) is 14.2. The van der Waals surface area contributed by atoms with E-state index in [1.807, 2.05) is 30.3 Å². The van der Waals surface area contributed by atoms with E-state index in [0.29, 0.717) is 0 Å². The van der Waals surface area contributed by atoms with Crippen LogP contribution < -0.4 is 0 Å². The minimum atomic E-state index is 0.955. The molecule has 102 valence electrons. The molecule has 0 atom stereocenters. The van der Waals surface area contributed by atoms with Crippen molar-refractivity contribution in [2.24, 2.45) is 0 Å². The number of fused-ring (bicyclic) bond motifs is 1. The van der Waals surface area contributed by atoms with E-state index >= 15 is 0 Å². The molecule has 2 heterocycles. The van der Waals surface area contributed by atoms with Crippen LogP contribution in [0.25, 0.3) is 31.5 Å². The van der Waals surface area contributed by atoms with Gasteiger partial charge in [-0.05, 0) is 24.3 Å². The molecule has 0 radical (unpaired) electrons. The molecule has 2 aromatic carbocycles. The molecule has 4 rings (SSSR count). The number of benzene rings is 2. The summed E-state index contributed by atoms with van der Waals surface area (Å²) in [4.78, 5) is 9.39. The molecule has 0 aliphatic rings. The normalized spacial score (nSPS) is 11.1. The summed E-state index contributed by atoms with van der Waals surface area (Å²) in [5, 5.41) is 4.08. The van der Waals surface area contributed by atoms with Crippen molar-refractivity contribution < 1.29 is 0 Å². The molecule has 0 spiro atoms. The van der Waals surface area contributed by atoms with Crippen molar-refractivity contribution in [1.82, 2.24) is 9.97 Å². The fourth-order valence-electron chi connectivity index (χ4n) is 2.11. The molecular weight excluding hydrogens is 364 g/mol. The summed E-state index contributed by atoms with van der Waals surface area (Å²) in [6, 6.07) is 16.4. The molecule has 2 aromatic heterocycles. The van der Waals surface area contributed by atoms with E-state index in [2.05, 4.69) is 44.5 Å². The van der Waals surface area contributed by atoms with E-state index in [1.54, 1.807) is 22.7 Å². The second kappa shape index (κ2) is 5.33. The largest absolute Gasteiger partial charge is 0.234 e. The number of halogens is 1. The van der Waals surface area contributed by atoms with E-state index < -0.39 is 0 Å². The molecule has 5 heteroatoms. The second-order valence-electron chi connectivity index (χ2n) is 4.53. The van der Waals surface area contributed by atoms with Crippen molar-refractivity contribution in [2.45, 2.75) is 0 Å². The summed E-state index contributed by atoms with van der Waals surface area (Å²) in [5.74, 6) is 0. The highest BCUT2D eigenvalue weighted by Gasteiger charge is 2.11. The number of rotatable bonds is 2. The van der Waals surface area contributed by atoms with Gasteiger partial charge in [-0.25, -0.2) is 9.97 Å². The summed E-state index contributed by atoms with van der Waals surface area (Å²) >= 11 is 6.84. The van der Waals surface area contributed by atoms with Crippen LogP contribution in [0, 0.1) is 0 Å². The molecule has 0 saturated carbocycles. The SMILES string of the molecule is Brc1cccc(-c2nc(-c3nc4ccccc4s3)cs2)c1. The van der Waals surface area contributed by atoms with Gasteiger partial charge in [-0.2, -0.15) is 0 Å². The van der Waals surface area contributed by atoms with Crippen molar-refractivity contribution in [3.63, 3.8) is 0 Å². The fraction of sp³-hybridized carbons (Fsp3) is 0. The number of hydrogen-bond acceptors (Lipinski definition) is 4. The minimum absolute atomic E-state index is 0.955. The molecule has 0 fully saturated rings. The molecule has 0 amide bonds. The van der Waals surface area contributed by atoms with Crippen LogP contribution >= 0.6 is 38.6 Å². The van der Waals surface area contributed by atoms with Crippen LogP contribution in [-0.2, 0) is 0 Å². The quantitative estimate of drug-likeness (QED) is 0.441. The molecule has 4 aromatic rings. The molecule has 0 aliphatic heterocycles. The van der Waals surface area contributed by atoms with Gasteiger partial charge in [-0.15, -0.1) is 22.7 Å². The average molecular weight is 373 g/mol. The van der Waals surface area contributed by atoms with Crippen LogP contribution in [0.15, 0.2) is 58.4 Å². The van der Waals surface area contributed by atoms with Crippen molar-refractivity contribution in [1.29, 1.82) is 0 Å². The lowest BCUT2D eigenvalue weighted by Gasteiger charge is -1.96. The Kier molecular flexibility index (Phi) is 3.33. The molecule has 0 aliphatic carbocycles. The van der Waals surface area contributed by atoms with Crippen LogP contribution in [0.4, 0.5) is 0 Å². The second-order valence-corrected chi connectivity index (χ2v) is 7.34. The first-order chi connectivity index (χ1) is 10.3. The first kappa shape index (κ1) is 13.1. The zero-order valence-electron chi connectivity index (χ0n) is 10.8. The van der Waals surface area contributed by atoms with Gasteiger partial charge in [-0.3, -0.25) is 0 Å². The van der Waals surface area contributed by atoms with Crippen molar-refractivity contribution in [3.8, 4) is 21.3 Å². The van der Waals surface area contributed by atoms with Gasteiger partial charge in [0.1, 0.15) is 15.7 Å². The Morgan fingerprint density at radius 3 is 2.67 bits per heavy atom. The van der Waals surface area contributed by atoms with Crippen LogP contribution in [0.5, 0.6) is 0 Å². The Hall–Kier alpha value is -1.56. The Morgan fingerprint density at radius 1 is 0.905 bits per heavy atom. The van der Waals surface area contributed by atoms with Gasteiger partial charge in [0.25, 0.3) is 0 Å². The molecule has 0 N–H and O–H groups in total. The lowest BCUT2D eigenvalue weighted by atomic mass is 10.2. The maximum Gasteiger partial charge on any atom is 0.144 e. The minimum Gasteiger partial charge on any atom is -0.234 e. The lowest BCUT2D eigenvalue weighted by Crippen LogP contribution is -1.78. The Bertz CT molecular complexity index is 894. The summed E-state index contributed by atoms with van der Waals surface area (Å²) in [7, 11) is 0. The maximum absolute atomic E-state index is 4.73. The highest BCUT2D eigenvalue weighted by molar-refractivity contribution is 9.10. The van der Waals surface area contributed by atoms with E-state index in [0.717, 1.165) is 31.3 Å². The Balaban J connectivity index is 1.77. The smallest absolute Gasteiger partial charge is 0.144 e. The lowest BCUT2D eigenvalue weighted by molar-refractivity contribution is 1.37. The predicted octanol–water partition coefficient (Wildman–Crippen LogP) is 5.85. The summed E-state index contributed by atoms with van der Waals surface area (Å²) in [6.07, 6.45) is 0. The molecular formula is C16H9BrN2S2. The van der Waals surface area contributed by atoms with Gasteiger partial charge < -0.3 is 0 Å². The van der Waals surface area contributed by atoms with Gasteiger partial charge in [0, 0.05) is 15.4 Å². The van der Waals surface area contributed by atoms with Gasteiger partial charge >= 0.3 is 0 Å². The molecule has 0 saturated heterocycles. The zero-order valence-corrected chi connectivity index (χ0v) is 14.0. The monoisotopic (exact) mass is 372 g/mol. The van der Waals surface area contributed by atoms with Crippen LogP contribution in [0.1, 0.15) is 0 Å². The summed E-state index contributed by atoms with van der Waals surface area (Å²) in [5.41, 5.74) is 3.12. The van der Waals surface area contributed by atoms with Crippen molar-refractivity contribution in [2.75, 3.05) is 0 Å². The average Bonchev–Trinajstić information content (AvgIpc) is 3.14. The number of para-hydroxylation sites is 1. The number of thiazole rings is 2. The van der Waals surface area contributed by atoms with Crippen LogP contribution in [-0.4, -0.2) is 9.97 Å². The van der Waals surface area contributed by atoms with E-state index in [1.165, 1.54) is 4.70 Å². The number of hydrogen-bond donors (Lipinski definition) is 0. The maximum atomic E-state index is 4.73. The third kappa shape index (κ3) is 2.52. The highest BCUT2D eigenvalue weighted by Crippen LogP contribution is 2.34. The molecule has 21 heavy (non-hydrogen) atoms. The first-order valence-electron chi connectivity index (χ1n) is 6.37. The standard InChI is InChI=1S/C16H9BrN2S2/c17-11-5-3-4-10(8-11)15-19-13(9-20-15)16-18-12-6-1-2-7-14(12)21-16/h1-9H. The molecule has 0 bridgehead atoms. The van der Waals surface area contributed by atoms with Gasteiger partial charge in [-0.1, -0.05) is 40.2 Å². The summed E-state index contributed by atoms with van der Waals surface area (Å²) in [6.45, 7) is 0. The van der Waals surface area contributed by atoms with E-state index in [4.69, 9.17) is 4.98 Å². The topological polar surface area (TPSA) is 25.8 Å². The third-order valence-corrected chi connectivity index (χ3v) is 5.53. The van der Waals surface area contributed by atoms with E-state index in [9.17, 15) is 0 Å². The highest BCUT2D eigenvalue weighted by atomic mass is 79.9. The van der Waals surface area contributed by atoms with Crippen LogP contribution in [0.2, 0.25) is 0 Å². The Labute approximate surface area is 138 Å². The van der Waals surface area contributed by atoms with Crippen molar-refractivity contribution in [3.05, 3.63) is 58.4 Å². The number of aromatic nitrogens is 2. The number of nitrogens with zero attached hydrogens (tertiary/aromatic N) is 2. The third-order valence-electron chi connectivity index (χ3n) is 3.09. The predicted molar refractivity (Wildman–Crippen MR) is 93.9 cm³/mol. The van der Waals surface area contributed by atoms with Crippen molar-refractivity contribution >= 4 is 48.8 Å². The van der Waals surface area contributed by atoms with Crippen LogP contribution in [0.3, 0.4) is 0 Å².